The Morgan fingerprint density at radius 2 is 1.94 bits per heavy atom. The summed E-state index contributed by atoms with van der Waals surface area (Å²) in [5.41, 5.74) is 0.436. The highest BCUT2D eigenvalue weighted by molar-refractivity contribution is 4.92. The molecule has 2 heteroatoms. The molecular weight excluding hydrogens is 208 g/mol. The van der Waals surface area contributed by atoms with E-state index in [2.05, 4.69) is 58.4 Å². The van der Waals surface area contributed by atoms with Crippen LogP contribution in [0.15, 0.2) is 0 Å². The highest BCUT2D eigenvalue weighted by Crippen LogP contribution is 2.29. The van der Waals surface area contributed by atoms with Crippen LogP contribution in [0.3, 0.4) is 0 Å². The summed E-state index contributed by atoms with van der Waals surface area (Å²) in [6.45, 7) is 16.6. The summed E-state index contributed by atoms with van der Waals surface area (Å²) < 4.78 is 0. The van der Waals surface area contributed by atoms with Crippen molar-refractivity contribution in [2.24, 2.45) is 5.41 Å². The minimum atomic E-state index is 0.436. The largest absolute Gasteiger partial charge is 0.302 e. The molecule has 0 aromatic heterocycles. The second kappa shape index (κ2) is 5.71. The first-order valence-corrected chi connectivity index (χ1v) is 7.24. The van der Waals surface area contributed by atoms with E-state index in [0.717, 1.165) is 6.04 Å². The van der Waals surface area contributed by atoms with Gasteiger partial charge in [-0.1, -0.05) is 20.8 Å². The molecular formula is C15H32N2. The van der Waals surface area contributed by atoms with Crippen LogP contribution in [0.1, 0.15) is 54.4 Å². The monoisotopic (exact) mass is 240 g/mol. The molecule has 0 saturated carbocycles. The Balaban J connectivity index is 2.73. The van der Waals surface area contributed by atoms with Crippen molar-refractivity contribution in [1.82, 2.24) is 9.80 Å². The van der Waals surface area contributed by atoms with Crippen molar-refractivity contribution in [3.63, 3.8) is 0 Å². The van der Waals surface area contributed by atoms with E-state index in [1.54, 1.807) is 0 Å². The Morgan fingerprint density at radius 3 is 2.29 bits per heavy atom. The van der Waals surface area contributed by atoms with Gasteiger partial charge in [0.2, 0.25) is 0 Å². The first-order valence-electron chi connectivity index (χ1n) is 7.24. The Kier molecular flexibility index (Phi) is 5.03. The van der Waals surface area contributed by atoms with Crippen molar-refractivity contribution in [3.8, 4) is 0 Å². The molecule has 0 aromatic carbocycles. The maximum Gasteiger partial charge on any atom is 0.0263 e. The molecule has 17 heavy (non-hydrogen) atoms. The number of nitrogens with zero attached hydrogens (tertiary/aromatic N) is 2. The summed E-state index contributed by atoms with van der Waals surface area (Å²) in [5, 5.41) is 0. The van der Waals surface area contributed by atoms with Gasteiger partial charge in [-0.05, 0) is 52.6 Å². The number of hydrogen-bond donors (Lipinski definition) is 0. The van der Waals surface area contributed by atoms with Gasteiger partial charge in [-0.25, -0.2) is 0 Å². The Hall–Kier alpha value is -0.0800. The maximum atomic E-state index is 2.73. The Morgan fingerprint density at radius 1 is 1.35 bits per heavy atom. The van der Waals surface area contributed by atoms with E-state index in [9.17, 15) is 0 Å². The van der Waals surface area contributed by atoms with Crippen molar-refractivity contribution in [2.45, 2.75) is 72.5 Å². The second-order valence-corrected chi connectivity index (χ2v) is 6.86. The van der Waals surface area contributed by atoms with Crippen molar-refractivity contribution < 1.29 is 0 Å². The molecule has 2 unspecified atom stereocenters. The molecule has 0 aliphatic carbocycles. The molecule has 0 aromatic rings. The van der Waals surface area contributed by atoms with Crippen LogP contribution in [0, 0.1) is 5.41 Å². The maximum absolute atomic E-state index is 2.73. The average molecular weight is 240 g/mol. The quantitative estimate of drug-likeness (QED) is 0.728. The van der Waals surface area contributed by atoms with Crippen LogP contribution < -0.4 is 0 Å². The van der Waals surface area contributed by atoms with E-state index in [4.69, 9.17) is 0 Å². The summed E-state index contributed by atoms with van der Waals surface area (Å²) in [4.78, 5) is 5.23. The van der Waals surface area contributed by atoms with Gasteiger partial charge in [0.25, 0.3) is 0 Å². The van der Waals surface area contributed by atoms with Crippen molar-refractivity contribution >= 4 is 0 Å². The Bertz CT molecular complexity index is 235. The number of rotatable bonds is 5. The molecule has 1 rings (SSSR count). The zero-order valence-electron chi connectivity index (χ0n) is 13.0. The van der Waals surface area contributed by atoms with Crippen LogP contribution >= 0.6 is 0 Å². The lowest BCUT2D eigenvalue weighted by Gasteiger charge is -2.40. The van der Waals surface area contributed by atoms with E-state index in [-0.39, 0.29) is 0 Å². The topological polar surface area (TPSA) is 6.48 Å². The summed E-state index contributed by atoms with van der Waals surface area (Å²) in [6.07, 6.45) is 2.59. The molecule has 2 nitrogen and oxygen atoms in total. The van der Waals surface area contributed by atoms with Crippen molar-refractivity contribution in [3.05, 3.63) is 0 Å². The molecule has 1 aliphatic heterocycles. The fourth-order valence-corrected chi connectivity index (χ4v) is 2.81. The minimum Gasteiger partial charge on any atom is -0.302 e. The molecule has 0 N–H and O–H groups in total. The average Bonchev–Trinajstić information content (AvgIpc) is 2.57. The zero-order chi connectivity index (χ0) is 13.2. The highest BCUT2D eigenvalue weighted by Gasteiger charge is 2.35. The third-order valence-electron chi connectivity index (χ3n) is 4.69. The normalized spacial score (nSPS) is 27.4. The molecule has 0 bridgehead atoms. The lowest BCUT2D eigenvalue weighted by Crippen LogP contribution is -2.49. The third kappa shape index (κ3) is 3.69. The van der Waals surface area contributed by atoms with Gasteiger partial charge in [0.1, 0.15) is 0 Å². The number of likely N-dealkylation sites (tertiary alicyclic amines) is 1. The first kappa shape index (κ1) is 15.0. The molecule has 0 spiro atoms. The van der Waals surface area contributed by atoms with Gasteiger partial charge in [-0.2, -0.15) is 0 Å². The van der Waals surface area contributed by atoms with Gasteiger partial charge in [-0.3, -0.25) is 4.90 Å². The van der Waals surface area contributed by atoms with E-state index in [1.165, 1.54) is 25.9 Å². The summed E-state index contributed by atoms with van der Waals surface area (Å²) in [6, 6.07) is 2.09. The van der Waals surface area contributed by atoms with E-state index in [0.29, 0.717) is 17.5 Å². The van der Waals surface area contributed by atoms with Crippen molar-refractivity contribution in [2.75, 3.05) is 20.1 Å². The van der Waals surface area contributed by atoms with Gasteiger partial charge in [0.15, 0.2) is 0 Å². The minimum absolute atomic E-state index is 0.436. The van der Waals surface area contributed by atoms with E-state index >= 15 is 0 Å². The summed E-state index contributed by atoms with van der Waals surface area (Å²) in [5.74, 6) is 0. The highest BCUT2D eigenvalue weighted by atomic mass is 15.3. The fraction of sp³-hybridized carbons (Fsp3) is 1.00. The molecule has 1 aliphatic rings. The van der Waals surface area contributed by atoms with Gasteiger partial charge in [0, 0.05) is 24.7 Å². The summed E-state index contributed by atoms with van der Waals surface area (Å²) in [7, 11) is 2.26. The van der Waals surface area contributed by atoms with Crippen LogP contribution in [0.2, 0.25) is 0 Å². The zero-order valence-corrected chi connectivity index (χ0v) is 13.0. The first-order chi connectivity index (χ1) is 7.78. The second-order valence-electron chi connectivity index (χ2n) is 6.86. The SMILES string of the molecule is CCC(C)(C)CN(C(C)C)C1CCN(C)C1C. The van der Waals surface area contributed by atoms with Crippen molar-refractivity contribution in [1.29, 1.82) is 0 Å². The smallest absolute Gasteiger partial charge is 0.0263 e. The standard InChI is InChI=1S/C15H32N2/c1-8-15(5,6)11-17(12(2)3)14-9-10-16(7)13(14)4/h12-14H,8-11H2,1-7H3. The number of likely N-dealkylation sites (N-methyl/N-ethyl adjacent to an activating group) is 1. The molecule has 0 amide bonds. The van der Waals surface area contributed by atoms with E-state index < -0.39 is 0 Å². The predicted molar refractivity (Wildman–Crippen MR) is 76.4 cm³/mol. The molecule has 1 fully saturated rings. The van der Waals surface area contributed by atoms with Crippen LogP contribution in [-0.4, -0.2) is 48.1 Å². The lowest BCUT2D eigenvalue weighted by atomic mass is 9.88. The molecule has 0 radical (unpaired) electrons. The van der Waals surface area contributed by atoms with Gasteiger partial charge in [-0.15, -0.1) is 0 Å². The fourth-order valence-electron chi connectivity index (χ4n) is 2.81. The predicted octanol–water partition coefficient (Wildman–Crippen LogP) is 3.23. The van der Waals surface area contributed by atoms with Crippen LogP contribution in [0.25, 0.3) is 0 Å². The number of hydrogen-bond acceptors (Lipinski definition) is 2. The van der Waals surface area contributed by atoms with Gasteiger partial charge >= 0.3 is 0 Å². The van der Waals surface area contributed by atoms with Gasteiger partial charge in [0.05, 0.1) is 0 Å². The van der Waals surface area contributed by atoms with Crippen LogP contribution in [0.4, 0.5) is 0 Å². The summed E-state index contributed by atoms with van der Waals surface area (Å²) >= 11 is 0. The molecule has 2 atom stereocenters. The Labute approximate surface area is 108 Å². The molecule has 102 valence electrons. The third-order valence-corrected chi connectivity index (χ3v) is 4.69. The van der Waals surface area contributed by atoms with Crippen LogP contribution in [-0.2, 0) is 0 Å². The van der Waals surface area contributed by atoms with E-state index in [1.807, 2.05) is 0 Å². The molecule has 1 heterocycles. The van der Waals surface area contributed by atoms with Crippen LogP contribution in [0.5, 0.6) is 0 Å². The van der Waals surface area contributed by atoms with Gasteiger partial charge < -0.3 is 4.90 Å². The molecule has 1 saturated heterocycles. The lowest BCUT2D eigenvalue weighted by molar-refractivity contribution is 0.0777.